The molecule has 1 aliphatic heterocycles. The summed E-state index contributed by atoms with van der Waals surface area (Å²) >= 11 is 13.6. The minimum absolute atomic E-state index is 0.108. The van der Waals surface area contributed by atoms with Gasteiger partial charge in [-0.05, 0) is 29.8 Å². The molecule has 1 heterocycles. The van der Waals surface area contributed by atoms with Gasteiger partial charge >= 0.3 is 0 Å². The van der Waals surface area contributed by atoms with Gasteiger partial charge in [0.1, 0.15) is 5.75 Å². The Bertz CT molecular complexity index is 826. The van der Waals surface area contributed by atoms with Crippen molar-refractivity contribution in [2.75, 3.05) is 20.2 Å². The molecule has 0 N–H and O–H groups in total. The normalized spacial score (nSPS) is 13.7. The number of rotatable bonds is 4. The van der Waals surface area contributed by atoms with E-state index in [1.165, 1.54) is 11.8 Å². The number of carbonyl (C=O) groups is 1. The highest BCUT2D eigenvalue weighted by molar-refractivity contribution is 8.13. The third kappa shape index (κ3) is 4.11. The van der Waals surface area contributed by atoms with Gasteiger partial charge in [-0.3, -0.25) is 14.7 Å². The Morgan fingerprint density at radius 3 is 2.84 bits per heavy atom. The van der Waals surface area contributed by atoms with Crippen LogP contribution in [0.15, 0.2) is 47.5 Å². The summed E-state index contributed by atoms with van der Waals surface area (Å²) in [6, 6.07) is 12.6. The standard InChI is InChI=1S/C18H16Cl2N2O2S/c1-24-16-5-3-2-4-14(16)17(23)22-9-8-21-18(22)25-11-12-6-7-13(19)10-15(12)20/h2-7,10H,8-9,11H2,1H3. The number of para-hydroxylation sites is 1. The van der Waals surface area contributed by atoms with Gasteiger partial charge in [-0.15, -0.1) is 0 Å². The summed E-state index contributed by atoms with van der Waals surface area (Å²) in [5.41, 5.74) is 1.49. The molecule has 0 bridgehead atoms. The number of benzene rings is 2. The van der Waals surface area contributed by atoms with E-state index in [0.29, 0.717) is 45.4 Å². The number of carbonyl (C=O) groups excluding carboxylic acids is 1. The summed E-state index contributed by atoms with van der Waals surface area (Å²) in [6.07, 6.45) is 0. The van der Waals surface area contributed by atoms with Gasteiger partial charge in [0.05, 0.1) is 19.2 Å². The van der Waals surface area contributed by atoms with Crippen LogP contribution in [0, 0.1) is 0 Å². The molecular formula is C18H16Cl2N2O2S. The number of amides is 1. The molecule has 0 aromatic heterocycles. The number of aliphatic imine (C=N–C) groups is 1. The van der Waals surface area contributed by atoms with E-state index < -0.39 is 0 Å². The van der Waals surface area contributed by atoms with Crippen molar-refractivity contribution < 1.29 is 9.53 Å². The number of hydrogen-bond donors (Lipinski definition) is 0. The van der Waals surface area contributed by atoms with Crippen LogP contribution in [-0.2, 0) is 5.75 Å². The van der Waals surface area contributed by atoms with E-state index in [0.717, 1.165) is 5.56 Å². The van der Waals surface area contributed by atoms with Crippen LogP contribution in [0.1, 0.15) is 15.9 Å². The van der Waals surface area contributed by atoms with Crippen LogP contribution in [0.5, 0.6) is 5.75 Å². The highest BCUT2D eigenvalue weighted by Gasteiger charge is 2.27. The maximum atomic E-state index is 12.9. The van der Waals surface area contributed by atoms with Crippen LogP contribution in [-0.4, -0.2) is 36.2 Å². The zero-order chi connectivity index (χ0) is 17.8. The molecule has 0 radical (unpaired) electrons. The predicted octanol–water partition coefficient (Wildman–Crippen LogP) is 4.75. The van der Waals surface area contributed by atoms with Crippen molar-refractivity contribution in [3.05, 3.63) is 63.6 Å². The molecule has 0 saturated heterocycles. The number of ether oxygens (including phenoxy) is 1. The van der Waals surface area contributed by atoms with Crippen molar-refractivity contribution in [2.24, 2.45) is 4.99 Å². The Hall–Kier alpha value is -1.69. The summed E-state index contributed by atoms with van der Waals surface area (Å²) in [5.74, 6) is 1.07. The first-order valence-corrected chi connectivity index (χ1v) is 9.40. The number of amidine groups is 1. The molecule has 0 spiro atoms. The Balaban J connectivity index is 1.73. The molecule has 130 valence electrons. The first kappa shape index (κ1) is 18.1. The van der Waals surface area contributed by atoms with Gasteiger partial charge < -0.3 is 4.74 Å². The van der Waals surface area contributed by atoms with Crippen molar-refractivity contribution in [1.29, 1.82) is 0 Å². The molecule has 2 aromatic carbocycles. The quantitative estimate of drug-likeness (QED) is 0.751. The lowest BCUT2D eigenvalue weighted by Gasteiger charge is -2.19. The molecule has 7 heteroatoms. The van der Waals surface area contributed by atoms with Crippen molar-refractivity contribution in [3.63, 3.8) is 0 Å². The summed E-state index contributed by atoms with van der Waals surface area (Å²) in [6.45, 7) is 1.16. The molecule has 4 nitrogen and oxygen atoms in total. The smallest absolute Gasteiger partial charge is 0.263 e. The van der Waals surface area contributed by atoms with E-state index in [1.807, 2.05) is 18.2 Å². The molecule has 3 rings (SSSR count). The lowest BCUT2D eigenvalue weighted by molar-refractivity contribution is 0.0857. The van der Waals surface area contributed by atoms with Crippen LogP contribution < -0.4 is 4.74 Å². The van der Waals surface area contributed by atoms with Crippen LogP contribution in [0.4, 0.5) is 0 Å². The number of hydrogen-bond acceptors (Lipinski definition) is 4. The van der Waals surface area contributed by atoms with Crippen molar-refractivity contribution in [2.45, 2.75) is 5.75 Å². The fourth-order valence-corrected chi connectivity index (χ4v) is 4.09. The van der Waals surface area contributed by atoms with Crippen molar-refractivity contribution in [3.8, 4) is 5.75 Å². The predicted molar refractivity (Wildman–Crippen MR) is 104 cm³/mol. The third-order valence-corrected chi connectivity index (χ3v) is 5.41. The molecule has 0 fully saturated rings. The van der Waals surface area contributed by atoms with Gasteiger partial charge in [0.15, 0.2) is 5.17 Å². The highest BCUT2D eigenvalue weighted by Crippen LogP contribution is 2.28. The maximum Gasteiger partial charge on any atom is 0.263 e. The molecular weight excluding hydrogens is 379 g/mol. The zero-order valence-corrected chi connectivity index (χ0v) is 15.9. The Kier molecular flexibility index (Phi) is 5.89. The van der Waals surface area contributed by atoms with Gasteiger partial charge in [0.25, 0.3) is 5.91 Å². The average molecular weight is 395 g/mol. The maximum absolute atomic E-state index is 12.9. The van der Waals surface area contributed by atoms with E-state index >= 15 is 0 Å². The average Bonchev–Trinajstić information content (AvgIpc) is 3.09. The van der Waals surface area contributed by atoms with E-state index in [1.54, 1.807) is 36.3 Å². The lowest BCUT2D eigenvalue weighted by Crippen LogP contribution is -2.33. The largest absolute Gasteiger partial charge is 0.496 e. The SMILES string of the molecule is COc1ccccc1C(=O)N1CCN=C1SCc1ccc(Cl)cc1Cl. The number of nitrogens with zero attached hydrogens (tertiary/aromatic N) is 2. The second kappa shape index (κ2) is 8.13. The van der Waals surface area contributed by atoms with Crippen LogP contribution in [0.2, 0.25) is 10.0 Å². The minimum atomic E-state index is -0.108. The van der Waals surface area contributed by atoms with Gasteiger partial charge in [0.2, 0.25) is 0 Å². The summed E-state index contributed by atoms with van der Waals surface area (Å²) in [7, 11) is 1.56. The van der Waals surface area contributed by atoms with E-state index in [4.69, 9.17) is 27.9 Å². The van der Waals surface area contributed by atoms with Crippen molar-refractivity contribution in [1.82, 2.24) is 4.90 Å². The van der Waals surface area contributed by atoms with Crippen LogP contribution in [0.3, 0.4) is 0 Å². The molecule has 2 aromatic rings. The molecule has 25 heavy (non-hydrogen) atoms. The summed E-state index contributed by atoms with van der Waals surface area (Å²) in [5, 5.41) is 1.91. The second-order valence-corrected chi connectivity index (χ2v) is 7.13. The minimum Gasteiger partial charge on any atom is -0.496 e. The molecule has 0 atom stereocenters. The topological polar surface area (TPSA) is 41.9 Å². The Labute approximate surface area is 160 Å². The van der Waals surface area contributed by atoms with E-state index in [2.05, 4.69) is 4.99 Å². The lowest BCUT2D eigenvalue weighted by atomic mass is 10.2. The molecule has 0 aliphatic carbocycles. The van der Waals surface area contributed by atoms with Gasteiger partial charge in [-0.2, -0.15) is 0 Å². The Morgan fingerprint density at radius 2 is 2.08 bits per heavy atom. The van der Waals surface area contributed by atoms with Crippen LogP contribution in [0.25, 0.3) is 0 Å². The molecule has 0 unspecified atom stereocenters. The van der Waals surface area contributed by atoms with Crippen molar-refractivity contribution >= 4 is 46.0 Å². The Morgan fingerprint density at radius 1 is 1.28 bits per heavy atom. The number of halogens is 2. The summed E-state index contributed by atoms with van der Waals surface area (Å²) < 4.78 is 5.29. The van der Waals surface area contributed by atoms with Crippen LogP contribution >= 0.6 is 35.0 Å². The fourth-order valence-electron chi connectivity index (χ4n) is 2.49. The van der Waals surface area contributed by atoms with Gasteiger partial charge in [0, 0.05) is 22.3 Å². The molecule has 1 aliphatic rings. The summed E-state index contributed by atoms with van der Waals surface area (Å²) in [4.78, 5) is 19.0. The number of thioether (sulfide) groups is 1. The first-order chi connectivity index (χ1) is 12.1. The third-order valence-electron chi connectivity index (χ3n) is 3.76. The monoisotopic (exact) mass is 394 g/mol. The second-order valence-electron chi connectivity index (χ2n) is 5.35. The molecule has 1 amide bonds. The fraction of sp³-hybridized carbons (Fsp3) is 0.222. The van der Waals surface area contributed by atoms with E-state index in [9.17, 15) is 4.79 Å². The van der Waals surface area contributed by atoms with Gasteiger partial charge in [-0.25, -0.2) is 0 Å². The first-order valence-electron chi connectivity index (χ1n) is 7.66. The number of methoxy groups -OCH3 is 1. The van der Waals surface area contributed by atoms with E-state index in [-0.39, 0.29) is 5.91 Å². The highest BCUT2D eigenvalue weighted by atomic mass is 35.5. The van der Waals surface area contributed by atoms with Gasteiger partial charge in [-0.1, -0.05) is 53.2 Å². The zero-order valence-electron chi connectivity index (χ0n) is 13.5. The molecule has 0 saturated carbocycles.